The zero-order chi connectivity index (χ0) is 11.1. The molecule has 90 valence electrons. The van der Waals surface area contributed by atoms with Crippen molar-refractivity contribution >= 4 is 0 Å². The fourth-order valence-corrected chi connectivity index (χ4v) is 2.83. The molecule has 1 saturated heterocycles. The van der Waals surface area contributed by atoms with E-state index in [1.165, 1.54) is 19.3 Å². The van der Waals surface area contributed by atoms with Gasteiger partial charge in [-0.1, -0.05) is 39.5 Å². The second-order valence-electron chi connectivity index (χ2n) is 4.96. The van der Waals surface area contributed by atoms with E-state index in [0.29, 0.717) is 6.04 Å². The van der Waals surface area contributed by atoms with Crippen LogP contribution in [0.5, 0.6) is 0 Å². The standard InChI is InChI=1S/C13H27NO/c1-3-9-13(15,10-4-2)12-8-6-5-7-11-14-12/h12,14-15H,3-11H2,1-2H3. The molecule has 1 fully saturated rings. The molecule has 0 spiro atoms. The van der Waals surface area contributed by atoms with Crippen LogP contribution < -0.4 is 5.32 Å². The van der Waals surface area contributed by atoms with Crippen molar-refractivity contribution in [2.45, 2.75) is 76.9 Å². The molecule has 0 aliphatic carbocycles. The Labute approximate surface area is 94.5 Å². The van der Waals surface area contributed by atoms with E-state index in [1.54, 1.807) is 0 Å². The number of nitrogens with one attached hydrogen (secondary N) is 1. The van der Waals surface area contributed by atoms with Crippen LogP contribution in [0.3, 0.4) is 0 Å². The van der Waals surface area contributed by atoms with Crippen molar-refractivity contribution in [2.75, 3.05) is 6.54 Å². The van der Waals surface area contributed by atoms with E-state index in [-0.39, 0.29) is 0 Å². The summed E-state index contributed by atoms with van der Waals surface area (Å²) in [7, 11) is 0. The molecule has 1 unspecified atom stereocenters. The molecule has 1 rings (SSSR count). The molecule has 2 nitrogen and oxygen atoms in total. The van der Waals surface area contributed by atoms with Crippen molar-refractivity contribution in [3.8, 4) is 0 Å². The second kappa shape index (κ2) is 6.49. The van der Waals surface area contributed by atoms with Crippen LogP contribution in [0.2, 0.25) is 0 Å². The molecular weight excluding hydrogens is 186 g/mol. The minimum absolute atomic E-state index is 0.333. The van der Waals surface area contributed by atoms with Gasteiger partial charge in [-0.25, -0.2) is 0 Å². The summed E-state index contributed by atoms with van der Waals surface area (Å²) in [4.78, 5) is 0. The van der Waals surface area contributed by atoms with E-state index < -0.39 is 5.60 Å². The fraction of sp³-hybridized carbons (Fsp3) is 1.00. The third kappa shape index (κ3) is 3.76. The maximum Gasteiger partial charge on any atom is 0.0799 e. The number of rotatable bonds is 5. The van der Waals surface area contributed by atoms with Crippen LogP contribution in [0, 0.1) is 0 Å². The largest absolute Gasteiger partial charge is 0.388 e. The Balaban J connectivity index is 2.58. The number of aliphatic hydroxyl groups is 1. The van der Waals surface area contributed by atoms with Gasteiger partial charge in [-0.05, 0) is 32.2 Å². The SMILES string of the molecule is CCCC(O)(CCC)C1CCCCCN1. The molecule has 0 aromatic rings. The van der Waals surface area contributed by atoms with Crippen molar-refractivity contribution in [3.05, 3.63) is 0 Å². The van der Waals surface area contributed by atoms with Crippen molar-refractivity contribution < 1.29 is 5.11 Å². The highest BCUT2D eigenvalue weighted by molar-refractivity contribution is 4.92. The number of hydrogen-bond acceptors (Lipinski definition) is 2. The molecule has 0 saturated carbocycles. The van der Waals surface area contributed by atoms with Crippen LogP contribution in [0.15, 0.2) is 0 Å². The van der Waals surface area contributed by atoms with Crippen LogP contribution in [0.25, 0.3) is 0 Å². The van der Waals surface area contributed by atoms with Crippen LogP contribution in [-0.4, -0.2) is 23.3 Å². The maximum atomic E-state index is 10.7. The van der Waals surface area contributed by atoms with E-state index >= 15 is 0 Å². The smallest absolute Gasteiger partial charge is 0.0799 e. The number of hydrogen-bond donors (Lipinski definition) is 2. The zero-order valence-corrected chi connectivity index (χ0v) is 10.4. The summed E-state index contributed by atoms with van der Waals surface area (Å²) in [6.45, 7) is 5.41. The summed E-state index contributed by atoms with van der Waals surface area (Å²) in [5.41, 5.74) is -0.451. The van der Waals surface area contributed by atoms with Crippen molar-refractivity contribution in [1.82, 2.24) is 5.32 Å². The molecule has 1 aliphatic rings. The molecule has 15 heavy (non-hydrogen) atoms. The van der Waals surface area contributed by atoms with E-state index in [4.69, 9.17) is 0 Å². The first-order valence-electron chi connectivity index (χ1n) is 6.68. The van der Waals surface area contributed by atoms with Gasteiger partial charge in [-0.3, -0.25) is 0 Å². The Bertz CT molecular complexity index is 156. The highest BCUT2D eigenvalue weighted by Crippen LogP contribution is 2.28. The molecule has 1 aliphatic heterocycles. The van der Waals surface area contributed by atoms with Crippen LogP contribution in [0.4, 0.5) is 0 Å². The van der Waals surface area contributed by atoms with Crippen LogP contribution in [-0.2, 0) is 0 Å². The highest BCUT2D eigenvalue weighted by Gasteiger charge is 2.34. The van der Waals surface area contributed by atoms with Gasteiger partial charge < -0.3 is 10.4 Å². The monoisotopic (exact) mass is 213 g/mol. The summed E-state index contributed by atoms with van der Waals surface area (Å²) in [6, 6.07) is 0.333. The van der Waals surface area contributed by atoms with Gasteiger partial charge >= 0.3 is 0 Å². The van der Waals surface area contributed by atoms with Gasteiger partial charge in [0.25, 0.3) is 0 Å². The first-order chi connectivity index (χ1) is 7.23. The predicted octanol–water partition coefficient (Wildman–Crippen LogP) is 2.85. The molecule has 2 heteroatoms. The van der Waals surface area contributed by atoms with Gasteiger partial charge in [-0.2, -0.15) is 0 Å². The summed E-state index contributed by atoms with van der Waals surface area (Å²) in [5, 5.41) is 14.2. The Morgan fingerprint density at radius 2 is 1.80 bits per heavy atom. The zero-order valence-electron chi connectivity index (χ0n) is 10.4. The van der Waals surface area contributed by atoms with Gasteiger partial charge in [0.2, 0.25) is 0 Å². The Morgan fingerprint density at radius 3 is 2.40 bits per heavy atom. The normalized spacial score (nSPS) is 23.8. The summed E-state index contributed by atoms with van der Waals surface area (Å²) >= 11 is 0. The molecule has 2 N–H and O–H groups in total. The molecule has 0 bridgehead atoms. The molecule has 1 heterocycles. The Kier molecular flexibility index (Phi) is 5.62. The van der Waals surface area contributed by atoms with Gasteiger partial charge in [0.15, 0.2) is 0 Å². The van der Waals surface area contributed by atoms with Gasteiger partial charge in [0.1, 0.15) is 0 Å². The van der Waals surface area contributed by atoms with Crippen molar-refractivity contribution in [3.63, 3.8) is 0 Å². The van der Waals surface area contributed by atoms with E-state index in [0.717, 1.165) is 38.6 Å². The average molecular weight is 213 g/mol. The summed E-state index contributed by atoms with van der Waals surface area (Å²) in [6.07, 6.45) is 9.05. The van der Waals surface area contributed by atoms with Crippen molar-refractivity contribution in [2.24, 2.45) is 0 Å². The highest BCUT2D eigenvalue weighted by atomic mass is 16.3. The predicted molar refractivity (Wildman–Crippen MR) is 65.0 cm³/mol. The average Bonchev–Trinajstić information content (AvgIpc) is 2.46. The van der Waals surface area contributed by atoms with Crippen LogP contribution >= 0.6 is 0 Å². The third-order valence-electron chi connectivity index (χ3n) is 3.57. The second-order valence-corrected chi connectivity index (χ2v) is 4.96. The lowest BCUT2D eigenvalue weighted by molar-refractivity contribution is -0.0167. The fourth-order valence-electron chi connectivity index (χ4n) is 2.83. The molecule has 0 aromatic carbocycles. The maximum absolute atomic E-state index is 10.7. The third-order valence-corrected chi connectivity index (χ3v) is 3.57. The molecule has 1 atom stereocenters. The lowest BCUT2D eigenvalue weighted by Gasteiger charge is -2.36. The van der Waals surface area contributed by atoms with E-state index in [9.17, 15) is 5.11 Å². The summed E-state index contributed by atoms with van der Waals surface area (Å²) in [5.74, 6) is 0. The van der Waals surface area contributed by atoms with Gasteiger partial charge in [0, 0.05) is 6.04 Å². The van der Waals surface area contributed by atoms with E-state index in [2.05, 4.69) is 19.2 Å². The molecule has 0 radical (unpaired) electrons. The van der Waals surface area contributed by atoms with Gasteiger partial charge in [-0.15, -0.1) is 0 Å². The van der Waals surface area contributed by atoms with E-state index in [1.807, 2.05) is 0 Å². The topological polar surface area (TPSA) is 32.3 Å². The first-order valence-corrected chi connectivity index (χ1v) is 6.68. The van der Waals surface area contributed by atoms with Gasteiger partial charge in [0.05, 0.1) is 5.60 Å². The minimum atomic E-state index is -0.451. The first kappa shape index (κ1) is 13.0. The molecule has 0 amide bonds. The van der Waals surface area contributed by atoms with Crippen molar-refractivity contribution in [1.29, 1.82) is 0 Å². The molecule has 0 aromatic heterocycles. The minimum Gasteiger partial charge on any atom is -0.388 e. The quantitative estimate of drug-likeness (QED) is 0.736. The lowest BCUT2D eigenvalue weighted by atomic mass is 9.83. The van der Waals surface area contributed by atoms with Crippen LogP contribution in [0.1, 0.15) is 65.2 Å². The lowest BCUT2D eigenvalue weighted by Crippen LogP contribution is -2.50. The molecular formula is C13H27NO. The summed E-state index contributed by atoms with van der Waals surface area (Å²) < 4.78 is 0. The Morgan fingerprint density at radius 1 is 1.13 bits per heavy atom. The Hall–Kier alpha value is -0.0800.